The zero-order valence-electron chi connectivity index (χ0n) is 9.83. The van der Waals surface area contributed by atoms with Crippen molar-refractivity contribution in [1.29, 1.82) is 0 Å². The lowest BCUT2D eigenvalue weighted by molar-refractivity contribution is -0.140. The van der Waals surface area contributed by atoms with Crippen LogP contribution in [0, 0.1) is 5.41 Å². The highest BCUT2D eigenvalue weighted by molar-refractivity contribution is 5.82. The minimum absolute atomic E-state index is 0.108. The van der Waals surface area contributed by atoms with Crippen LogP contribution in [-0.2, 0) is 17.9 Å². The van der Waals surface area contributed by atoms with Crippen LogP contribution < -0.4 is 5.56 Å². The van der Waals surface area contributed by atoms with Crippen molar-refractivity contribution in [2.45, 2.75) is 33.9 Å². The van der Waals surface area contributed by atoms with E-state index in [0.29, 0.717) is 13.1 Å². The molecule has 2 rings (SSSR count). The molecule has 0 unspecified atom stereocenters. The van der Waals surface area contributed by atoms with Gasteiger partial charge in [0.15, 0.2) is 0 Å². The first-order valence-corrected chi connectivity index (χ1v) is 5.38. The maximum absolute atomic E-state index is 12.1. The molecule has 0 saturated carbocycles. The number of carbonyl (C=O) groups is 1. The third-order valence-electron chi connectivity index (χ3n) is 2.74. The molecule has 4 heteroatoms. The molecule has 86 valence electrons. The number of fused-ring (bicyclic) bond motifs is 1. The topological polar surface area (TPSA) is 53.2 Å². The van der Waals surface area contributed by atoms with Crippen molar-refractivity contribution in [3.63, 3.8) is 0 Å². The monoisotopic (exact) mass is 220 g/mol. The minimum atomic E-state index is -0.373. The van der Waals surface area contributed by atoms with Gasteiger partial charge in [0.1, 0.15) is 0 Å². The Morgan fingerprint density at radius 2 is 2.00 bits per heavy atom. The molecule has 0 atom stereocenters. The van der Waals surface area contributed by atoms with Gasteiger partial charge < -0.3 is 9.88 Å². The van der Waals surface area contributed by atoms with E-state index in [2.05, 4.69) is 4.98 Å². The fraction of sp³-hybridized carbons (Fsp3) is 0.500. The summed E-state index contributed by atoms with van der Waals surface area (Å²) in [7, 11) is 0. The number of rotatable bonds is 0. The van der Waals surface area contributed by atoms with Crippen molar-refractivity contribution in [3.05, 3.63) is 33.7 Å². The number of nitrogens with zero attached hydrogens (tertiary/aromatic N) is 1. The first-order valence-electron chi connectivity index (χ1n) is 5.38. The lowest BCUT2D eigenvalue weighted by Gasteiger charge is -2.25. The van der Waals surface area contributed by atoms with E-state index in [4.69, 9.17) is 0 Å². The maximum Gasteiger partial charge on any atom is 0.248 e. The van der Waals surface area contributed by atoms with Crippen molar-refractivity contribution >= 4 is 5.91 Å². The molecule has 1 aromatic rings. The van der Waals surface area contributed by atoms with Crippen LogP contribution in [0.15, 0.2) is 16.9 Å². The predicted molar refractivity (Wildman–Crippen MR) is 60.8 cm³/mol. The summed E-state index contributed by atoms with van der Waals surface area (Å²) in [5, 5.41) is 0. The zero-order chi connectivity index (χ0) is 11.9. The number of aromatic nitrogens is 1. The average Bonchev–Trinajstić information content (AvgIpc) is 2.57. The standard InChI is InChI=1S/C12H16N2O2/c1-12(2,3)11(16)14-6-8-4-5-10(15)13-9(8)7-14/h4-5H,6-7H2,1-3H3,(H,13,15). The van der Waals surface area contributed by atoms with E-state index in [0.717, 1.165) is 11.3 Å². The number of pyridine rings is 1. The van der Waals surface area contributed by atoms with Crippen LogP contribution in [-0.4, -0.2) is 15.8 Å². The number of aromatic amines is 1. The Bertz CT molecular complexity index is 483. The van der Waals surface area contributed by atoms with Gasteiger partial charge in [-0.15, -0.1) is 0 Å². The Morgan fingerprint density at radius 1 is 1.31 bits per heavy atom. The molecule has 0 aromatic carbocycles. The van der Waals surface area contributed by atoms with E-state index >= 15 is 0 Å². The van der Waals surface area contributed by atoms with E-state index in [9.17, 15) is 9.59 Å². The highest BCUT2D eigenvalue weighted by Crippen LogP contribution is 2.25. The Balaban J connectivity index is 2.23. The SMILES string of the molecule is CC(C)(C)C(=O)N1Cc2ccc(=O)[nH]c2C1. The van der Waals surface area contributed by atoms with Crippen molar-refractivity contribution in [2.75, 3.05) is 0 Å². The van der Waals surface area contributed by atoms with Crippen LogP contribution >= 0.6 is 0 Å². The molecule has 0 aliphatic carbocycles. The highest BCUT2D eigenvalue weighted by Gasteiger charge is 2.31. The van der Waals surface area contributed by atoms with Crippen LogP contribution in [0.5, 0.6) is 0 Å². The van der Waals surface area contributed by atoms with Gasteiger partial charge in [0, 0.05) is 23.7 Å². The van der Waals surface area contributed by atoms with E-state index in [1.54, 1.807) is 11.0 Å². The number of hydrogen-bond donors (Lipinski definition) is 1. The summed E-state index contributed by atoms with van der Waals surface area (Å²) in [4.78, 5) is 27.8. The lowest BCUT2D eigenvalue weighted by Crippen LogP contribution is -2.35. The summed E-state index contributed by atoms with van der Waals surface area (Å²) >= 11 is 0. The number of amides is 1. The van der Waals surface area contributed by atoms with E-state index in [-0.39, 0.29) is 16.9 Å². The number of H-pyrrole nitrogens is 1. The molecule has 0 bridgehead atoms. The summed E-state index contributed by atoms with van der Waals surface area (Å²) < 4.78 is 0. The molecule has 0 radical (unpaired) electrons. The van der Waals surface area contributed by atoms with Crippen molar-refractivity contribution in [1.82, 2.24) is 9.88 Å². The van der Waals surface area contributed by atoms with Gasteiger partial charge in [-0.1, -0.05) is 20.8 Å². The van der Waals surface area contributed by atoms with Gasteiger partial charge in [0.2, 0.25) is 11.5 Å². The molecule has 0 fully saturated rings. The summed E-state index contributed by atoms with van der Waals surface area (Å²) in [6, 6.07) is 3.30. The molecule has 1 amide bonds. The molecule has 1 N–H and O–H groups in total. The second-order valence-corrected chi connectivity index (χ2v) is 5.24. The predicted octanol–water partition coefficient (Wildman–Crippen LogP) is 1.26. The number of nitrogens with one attached hydrogen (secondary N) is 1. The molecule has 1 aliphatic rings. The summed E-state index contributed by atoms with van der Waals surface area (Å²) in [5.74, 6) is 0.115. The van der Waals surface area contributed by atoms with Crippen molar-refractivity contribution in [3.8, 4) is 0 Å². The largest absolute Gasteiger partial charge is 0.332 e. The maximum atomic E-state index is 12.1. The summed E-state index contributed by atoms with van der Waals surface area (Å²) in [6.45, 7) is 6.83. The molecule has 0 spiro atoms. The molecule has 1 aliphatic heterocycles. The van der Waals surface area contributed by atoms with Gasteiger partial charge in [0.25, 0.3) is 0 Å². The molecule has 4 nitrogen and oxygen atoms in total. The normalized spacial score (nSPS) is 15.1. The van der Waals surface area contributed by atoms with Crippen LogP contribution in [0.1, 0.15) is 32.0 Å². The average molecular weight is 220 g/mol. The fourth-order valence-corrected chi connectivity index (χ4v) is 1.91. The first-order chi connectivity index (χ1) is 7.38. The third kappa shape index (κ3) is 1.87. The number of hydrogen-bond acceptors (Lipinski definition) is 2. The lowest BCUT2D eigenvalue weighted by atomic mass is 9.95. The Hall–Kier alpha value is -1.58. The van der Waals surface area contributed by atoms with Crippen molar-refractivity contribution < 1.29 is 4.79 Å². The fourth-order valence-electron chi connectivity index (χ4n) is 1.91. The van der Waals surface area contributed by atoms with Crippen LogP contribution in [0.2, 0.25) is 0 Å². The third-order valence-corrected chi connectivity index (χ3v) is 2.74. The molecule has 2 heterocycles. The smallest absolute Gasteiger partial charge is 0.248 e. The quantitative estimate of drug-likeness (QED) is 0.715. The summed E-state index contributed by atoms with van der Waals surface area (Å²) in [6.07, 6.45) is 0. The second-order valence-electron chi connectivity index (χ2n) is 5.24. The Kier molecular flexibility index (Phi) is 2.37. The van der Waals surface area contributed by atoms with E-state index < -0.39 is 0 Å². The van der Waals surface area contributed by atoms with Gasteiger partial charge in [-0.3, -0.25) is 9.59 Å². The van der Waals surface area contributed by atoms with Gasteiger partial charge in [-0.25, -0.2) is 0 Å². The van der Waals surface area contributed by atoms with Gasteiger partial charge in [-0.2, -0.15) is 0 Å². The molecule has 16 heavy (non-hydrogen) atoms. The summed E-state index contributed by atoms with van der Waals surface area (Å²) in [5.41, 5.74) is 1.42. The van der Waals surface area contributed by atoms with Gasteiger partial charge >= 0.3 is 0 Å². The van der Waals surface area contributed by atoms with Crippen LogP contribution in [0.4, 0.5) is 0 Å². The van der Waals surface area contributed by atoms with E-state index in [1.165, 1.54) is 6.07 Å². The Labute approximate surface area is 94.3 Å². The molecular weight excluding hydrogens is 204 g/mol. The zero-order valence-corrected chi connectivity index (χ0v) is 9.83. The number of carbonyl (C=O) groups excluding carboxylic acids is 1. The highest BCUT2D eigenvalue weighted by atomic mass is 16.2. The minimum Gasteiger partial charge on any atom is -0.332 e. The van der Waals surface area contributed by atoms with Crippen LogP contribution in [0.25, 0.3) is 0 Å². The van der Waals surface area contributed by atoms with Crippen molar-refractivity contribution in [2.24, 2.45) is 5.41 Å². The van der Waals surface area contributed by atoms with Gasteiger partial charge in [0.05, 0.1) is 6.54 Å². The molecule has 1 aromatic heterocycles. The van der Waals surface area contributed by atoms with Gasteiger partial charge in [-0.05, 0) is 11.6 Å². The van der Waals surface area contributed by atoms with Crippen LogP contribution in [0.3, 0.4) is 0 Å². The Morgan fingerprint density at radius 3 is 2.62 bits per heavy atom. The second kappa shape index (κ2) is 3.47. The van der Waals surface area contributed by atoms with E-state index in [1.807, 2.05) is 20.8 Å². The molecule has 0 saturated heterocycles. The molecular formula is C12H16N2O2. The first kappa shape index (κ1) is 10.9.